The molecule has 11 heteroatoms. The van der Waals surface area contributed by atoms with E-state index in [0.717, 1.165) is 0 Å². The molecule has 0 unspecified atom stereocenters. The number of hydrogen-bond acceptors (Lipinski definition) is 3. The second-order valence-corrected chi connectivity index (χ2v) is 5.62. The van der Waals surface area contributed by atoms with Crippen LogP contribution >= 0.6 is 34.5 Å². The Labute approximate surface area is 127 Å². The van der Waals surface area contributed by atoms with Gasteiger partial charge in [0.1, 0.15) is 0 Å². The van der Waals surface area contributed by atoms with Gasteiger partial charge in [-0.05, 0) is 12.1 Å². The second kappa shape index (κ2) is 5.22. The molecule has 1 aromatic heterocycles. The molecule has 0 aliphatic rings. The van der Waals surface area contributed by atoms with Gasteiger partial charge in [-0.3, -0.25) is 10.1 Å². The summed E-state index contributed by atoms with van der Waals surface area (Å²) in [5, 5.41) is 1.30. The summed E-state index contributed by atoms with van der Waals surface area (Å²) in [4.78, 5) is 14.7. The number of amides is 1. The van der Waals surface area contributed by atoms with Gasteiger partial charge in [0.15, 0.2) is 5.13 Å². The van der Waals surface area contributed by atoms with Gasteiger partial charge in [0.05, 0.1) is 20.3 Å². The lowest BCUT2D eigenvalue weighted by molar-refractivity contribution is -0.267. The van der Waals surface area contributed by atoms with Crippen LogP contribution in [0.1, 0.15) is 0 Å². The highest BCUT2D eigenvalue weighted by Crippen LogP contribution is 2.37. The molecule has 2 aromatic rings. The predicted octanol–water partition coefficient (Wildman–Crippen LogP) is 4.74. The van der Waals surface area contributed by atoms with Gasteiger partial charge in [0.2, 0.25) is 0 Å². The zero-order valence-corrected chi connectivity index (χ0v) is 11.9. The van der Waals surface area contributed by atoms with Gasteiger partial charge in [-0.25, -0.2) is 4.98 Å². The molecule has 0 aliphatic carbocycles. The van der Waals surface area contributed by atoms with Crippen LogP contribution in [0.5, 0.6) is 0 Å². The lowest BCUT2D eigenvalue weighted by atomic mass is 10.3. The summed E-state index contributed by atoms with van der Waals surface area (Å²) < 4.78 is 62.1. The molecule has 0 spiro atoms. The third kappa shape index (κ3) is 3.04. The molecule has 0 saturated carbocycles. The first-order valence-corrected chi connectivity index (χ1v) is 6.61. The Kier molecular flexibility index (Phi) is 4.02. The highest BCUT2D eigenvalue weighted by atomic mass is 35.5. The zero-order chi connectivity index (χ0) is 16.0. The Morgan fingerprint density at radius 3 is 2.29 bits per heavy atom. The number of carbonyl (C=O) groups excluding carboxylic acids is 1. The number of halogens is 7. The largest absolute Gasteiger partial charge is 0.463 e. The standard InChI is InChI=1S/C10H3Cl2F5N2OS/c11-3-1-5-6(2-4(3)12)21-8(18-5)19-7(20)9(13,14)10(15,16)17/h1-2H,(H,18,19,20). The Bertz CT molecular complexity index is 676. The van der Waals surface area contributed by atoms with E-state index >= 15 is 0 Å². The van der Waals surface area contributed by atoms with Crippen molar-refractivity contribution in [3.05, 3.63) is 22.2 Å². The van der Waals surface area contributed by atoms with E-state index in [1.807, 2.05) is 0 Å². The van der Waals surface area contributed by atoms with E-state index in [0.29, 0.717) is 16.0 Å². The predicted molar refractivity (Wildman–Crippen MR) is 69.3 cm³/mol. The first kappa shape index (κ1) is 16.2. The van der Waals surface area contributed by atoms with Crippen molar-refractivity contribution >= 4 is 55.8 Å². The fraction of sp³-hybridized carbons (Fsp3) is 0.200. The van der Waals surface area contributed by atoms with Crippen molar-refractivity contribution in [3.63, 3.8) is 0 Å². The topological polar surface area (TPSA) is 42.0 Å². The average molecular weight is 365 g/mol. The molecule has 21 heavy (non-hydrogen) atoms. The summed E-state index contributed by atoms with van der Waals surface area (Å²) in [7, 11) is 0. The first-order valence-electron chi connectivity index (χ1n) is 5.04. The maximum absolute atomic E-state index is 12.8. The normalized spacial score (nSPS) is 12.7. The average Bonchev–Trinajstić information content (AvgIpc) is 2.69. The van der Waals surface area contributed by atoms with Crippen LogP contribution in [0.4, 0.5) is 27.1 Å². The van der Waals surface area contributed by atoms with Crippen LogP contribution < -0.4 is 5.32 Å². The number of benzene rings is 1. The lowest BCUT2D eigenvalue weighted by Gasteiger charge is -2.17. The quantitative estimate of drug-likeness (QED) is 0.782. The summed E-state index contributed by atoms with van der Waals surface area (Å²) in [6, 6.07) is 2.65. The molecule has 0 fully saturated rings. The molecule has 1 N–H and O–H groups in total. The number of rotatable bonds is 2. The number of thiazole rings is 1. The fourth-order valence-electron chi connectivity index (χ4n) is 1.28. The van der Waals surface area contributed by atoms with Gasteiger partial charge in [-0.1, -0.05) is 34.5 Å². The van der Waals surface area contributed by atoms with Gasteiger partial charge in [0.25, 0.3) is 0 Å². The highest BCUT2D eigenvalue weighted by molar-refractivity contribution is 7.22. The Morgan fingerprint density at radius 2 is 1.71 bits per heavy atom. The summed E-state index contributed by atoms with van der Waals surface area (Å²) in [5.41, 5.74) is 0.208. The van der Waals surface area contributed by atoms with E-state index in [2.05, 4.69) is 4.98 Å². The molecule has 0 atom stereocenters. The van der Waals surface area contributed by atoms with E-state index in [1.54, 1.807) is 0 Å². The summed E-state index contributed by atoms with van der Waals surface area (Å²) in [6.45, 7) is 0. The zero-order valence-electron chi connectivity index (χ0n) is 9.56. The van der Waals surface area contributed by atoms with Crippen molar-refractivity contribution in [2.24, 2.45) is 0 Å². The number of carbonyl (C=O) groups is 1. The van der Waals surface area contributed by atoms with Gasteiger partial charge < -0.3 is 0 Å². The number of hydrogen-bond donors (Lipinski definition) is 1. The first-order chi connectivity index (χ1) is 9.52. The van der Waals surface area contributed by atoms with Crippen molar-refractivity contribution in [1.82, 2.24) is 4.98 Å². The van der Waals surface area contributed by atoms with E-state index in [1.165, 1.54) is 17.4 Å². The molecule has 114 valence electrons. The van der Waals surface area contributed by atoms with Crippen LogP contribution in [0.3, 0.4) is 0 Å². The summed E-state index contributed by atoms with van der Waals surface area (Å²) >= 11 is 12.1. The van der Waals surface area contributed by atoms with Crippen molar-refractivity contribution < 1.29 is 26.7 Å². The van der Waals surface area contributed by atoms with Crippen LogP contribution in [-0.4, -0.2) is 23.0 Å². The Morgan fingerprint density at radius 1 is 1.14 bits per heavy atom. The molecule has 0 saturated heterocycles. The monoisotopic (exact) mass is 364 g/mol. The van der Waals surface area contributed by atoms with Gasteiger partial charge >= 0.3 is 18.0 Å². The van der Waals surface area contributed by atoms with Gasteiger partial charge in [0, 0.05) is 0 Å². The number of aromatic nitrogens is 1. The van der Waals surface area contributed by atoms with E-state index < -0.39 is 23.1 Å². The van der Waals surface area contributed by atoms with Crippen LogP contribution in [0, 0.1) is 0 Å². The van der Waals surface area contributed by atoms with Crippen molar-refractivity contribution in [2.75, 3.05) is 5.32 Å². The molecule has 1 heterocycles. The minimum Gasteiger partial charge on any atom is -0.296 e. The summed E-state index contributed by atoms with van der Waals surface area (Å²) in [6.07, 6.45) is -5.99. The number of nitrogens with zero attached hydrogens (tertiary/aromatic N) is 1. The van der Waals surface area contributed by atoms with Crippen LogP contribution in [0.2, 0.25) is 10.0 Å². The number of nitrogens with one attached hydrogen (secondary N) is 1. The molecule has 1 aromatic carbocycles. The third-order valence-electron chi connectivity index (χ3n) is 2.29. The van der Waals surface area contributed by atoms with E-state index in [4.69, 9.17) is 23.2 Å². The molecule has 3 nitrogen and oxygen atoms in total. The fourth-order valence-corrected chi connectivity index (χ4v) is 2.55. The molecular formula is C10H3Cl2F5N2OS. The van der Waals surface area contributed by atoms with E-state index in [9.17, 15) is 26.7 Å². The molecule has 0 bridgehead atoms. The van der Waals surface area contributed by atoms with Crippen molar-refractivity contribution in [3.8, 4) is 0 Å². The maximum Gasteiger partial charge on any atom is 0.463 e. The smallest absolute Gasteiger partial charge is 0.296 e. The minimum absolute atomic E-state index is 0.132. The maximum atomic E-state index is 12.8. The molecule has 2 rings (SSSR count). The molecule has 0 aliphatic heterocycles. The third-order valence-corrected chi connectivity index (χ3v) is 3.95. The second-order valence-electron chi connectivity index (χ2n) is 3.78. The SMILES string of the molecule is O=C(Nc1nc2cc(Cl)c(Cl)cc2s1)C(F)(F)C(F)(F)F. The summed E-state index contributed by atoms with van der Waals surface area (Å²) in [5.74, 6) is -8.02. The Hall–Kier alpha value is -1.19. The highest BCUT2D eigenvalue weighted by Gasteiger charge is 2.63. The number of alkyl halides is 5. The van der Waals surface area contributed by atoms with E-state index in [-0.39, 0.29) is 15.6 Å². The molecular weight excluding hydrogens is 362 g/mol. The van der Waals surface area contributed by atoms with Crippen LogP contribution in [0.25, 0.3) is 10.2 Å². The van der Waals surface area contributed by atoms with Crippen LogP contribution in [0.15, 0.2) is 12.1 Å². The molecule has 0 radical (unpaired) electrons. The van der Waals surface area contributed by atoms with Crippen LogP contribution in [-0.2, 0) is 4.79 Å². The lowest BCUT2D eigenvalue weighted by Crippen LogP contribution is -2.47. The Balaban J connectivity index is 2.30. The van der Waals surface area contributed by atoms with Crippen molar-refractivity contribution in [1.29, 1.82) is 0 Å². The van der Waals surface area contributed by atoms with Gasteiger partial charge in [-0.15, -0.1) is 0 Å². The van der Waals surface area contributed by atoms with Crippen molar-refractivity contribution in [2.45, 2.75) is 12.1 Å². The number of anilines is 1. The van der Waals surface area contributed by atoms with Gasteiger partial charge in [-0.2, -0.15) is 22.0 Å². The minimum atomic E-state index is -5.99. The molecule has 1 amide bonds. The number of fused-ring (bicyclic) bond motifs is 1.